The first kappa shape index (κ1) is 18.0. The number of anilines is 2. The Labute approximate surface area is 176 Å². The van der Waals surface area contributed by atoms with Gasteiger partial charge in [-0.1, -0.05) is 86.0 Å². The second-order valence-electron chi connectivity index (χ2n) is 7.20. The molecule has 5 aromatic rings. The van der Waals surface area contributed by atoms with Gasteiger partial charge < -0.3 is 9.32 Å². The van der Waals surface area contributed by atoms with Gasteiger partial charge in [-0.25, -0.2) is 0 Å². The van der Waals surface area contributed by atoms with Crippen LogP contribution in [-0.4, -0.2) is 0 Å². The number of nitrogens with zero attached hydrogens (tertiary/aromatic N) is 1. The average molecular weight is 387 g/mol. The molecule has 0 atom stereocenters. The van der Waals surface area contributed by atoms with Crippen molar-refractivity contribution in [2.24, 2.45) is 0 Å². The molecular formula is C28H21NO. The first-order valence-electron chi connectivity index (χ1n) is 9.93. The van der Waals surface area contributed by atoms with Crippen molar-refractivity contribution in [2.45, 2.75) is 0 Å². The van der Waals surface area contributed by atoms with Gasteiger partial charge >= 0.3 is 0 Å². The van der Waals surface area contributed by atoms with E-state index < -0.39 is 0 Å². The number of para-hydroxylation sites is 2. The molecule has 0 aliphatic carbocycles. The zero-order valence-electron chi connectivity index (χ0n) is 16.6. The first-order chi connectivity index (χ1) is 14.8. The summed E-state index contributed by atoms with van der Waals surface area (Å²) in [6.45, 7) is 8.18. The maximum atomic E-state index is 6.26. The molecule has 30 heavy (non-hydrogen) atoms. The van der Waals surface area contributed by atoms with Crippen molar-refractivity contribution >= 4 is 33.3 Å². The van der Waals surface area contributed by atoms with Crippen molar-refractivity contribution in [3.05, 3.63) is 122 Å². The van der Waals surface area contributed by atoms with Crippen LogP contribution in [0, 0.1) is 0 Å². The highest BCUT2D eigenvalue weighted by Gasteiger charge is 2.18. The molecule has 1 aromatic heterocycles. The minimum absolute atomic E-state index is 0.787. The summed E-state index contributed by atoms with van der Waals surface area (Å²) < 4.78 is 6.26. The lowest BCUT2D eigenvalue weighted by Gasteiger charge is -2.25. The third kappa shape index (κ3) is 2.99. The molecule has 0 saturated heterocycles. The normalized spacial score (nSPS) is 10.9. The van der Waals surface area contributed by atoms with Crippen molar-refractivity contribution in [3.8, 4) is 11.1 Å². The van der Waals surface area contributed by atoms with Crippen LogP contribution in [0.3, 0.4) is 0 Å². The molecule has 5 rings (SSSR count). The average Bonchev–Trinajstić information content (AvgIpc) is 3.20. The van der Waals surface area contributed by atoms with Crippen molar-refractivity contribution in [1.82, 2.24) is 0 Å². The van der Waals surface area contributed by atoms with E-state index in [1.54, 1.807) is 6.08 Å². The molecule has 0 aliphatic rings. The molecular weight excluding hydrogens is 366 g/mol. The summed E-state index contributed by atoms with van der Waals surface area (Å²) in [6.07, 6.45) is 1.77. The smallest absolute Gasteiger partial charge is 0.159 e. The predicted octanol–water partition coefficient (Wildman–Crippen LogP) is 8.09. The van der Waals surface area contributed by atoms with Gasteiger partial charge in [-0.2, -0.15) is 0 Å². The number of hydrogen-bond acceptors (Lipinski definition) is 2. The maximum absolute atomic E-state index is 6.26. The molecule has 1 heterocycles. The molecule has 0 spiro atoms. The van der Waals surface area contributed by atoms with E-state index in [1.165, 1.54) is 11.1 Å². The summed E-state index contributed by atoms with van der Waals surface area (Å²) in [5, 5.41) is 2.20. The Kier molecular flexibility index (Phi) is 4.45. The van der Waals surface area contributed by atoms with Crippen molar-refractivity contribution in [1.29, 1.82) is 0 Å². The lowest BCUT2D eigenvalue weighted by Crippen LogP contribution is -2.14. The third-order valence-electron chi connectivity index (χ3n) is 5.38. The molecule has 2 heteroatoms. The standard InChI is InChI=1S/C28H21NO/c1-3-20(2)29(23-18-16-22(17-19-23)21-10-5-4-6-11-21)26-14-9-13-25-24-12-7-8-15-27(24)30-28(25)26/h3-19H,1-2H2. The molecule has 144 valence electrons. The van der Waals surface area contributed by atoms with Gasteiger partial charge in [-0.05, 0) is 41.5 Å². The number of hydrogen-bond donors (Lipinski definition) is 0. The minimum Gasteiger partial charge on any atom is -0.454 e. The summed E-state index contributed by atoms with van der Waals surface area (Å²) in [5.74, 6) is 0. The minimum atomic E-state index is 0.787. The van der Waals surface area contributed by atoms with E-state index in [9.17, 15) is 0 Å². The van der Waals surface area contributed by atoms with Crippen LogP contribution in [0.15, 0.2) is 126 Å². The fourth-order valence-corrected chi connectivity index (χ4v) is 3.89. The number of fused-ring (bicyclic) bond motifs is 3. The van der Waals surface area contributed by atoms with Gasteiger partial charge in [-0.15, -0.1) is 0 Å². The van der Waals surface area contributed by atoms with E-state index in [0.29, 0.717) is 0 Å². The van der Waals surface area contributed by atoms with E-state index >= 15 is 0 Å². The van der Waals surface area contributed by atoms with Crippen LogP contribution in [0.2, 0.25) is 0 Å². The molecule has 0 fully saturated rings. The summed E-state index contributed by atoms with van der Waals surface area (Å²) in [6, 6.07) is 33.2. The van der Waals surface area contributed by atoms with Crippen molar-refractivity contribution in [2.75, 3.05) is 4.90 Å². The van der Waals surface area contributed by atoms with E-state index in [0.717, 1.165) is 39.0 Å². The Morgan fingerprint density at radius 3 is 2.13 bits per heavy atom. The number of allylic oxidation sites excluding steroid dienone is 1. The van der Waals surface area contributed by atoms with Crippen molar-refractivity contribution in [3.63, 3.8) is 0 Å². The highest BCUT2D eigenvalue weighted by atomic mass is 16.3. The largest absolute Gasteiger partial charge is 0.454 e. The van der Waals surface area contributed by atoms with Gasteiger partial charge in [0.05, 0.1) is 5.69 Å². The predicted molar refractivity (Wildman–Crippen MR) is 127 cm³/mol. The van der Waals surface area contributed by atoms with Crippen LogP contribution in [0.4, 0.5) is 11.4 Å². The van der Waals surface area contributed by atoms with E-state index in [2.05, 4.69) is 90.9 Å². The molecule has 4 aromatic carbocycles. The van der Waals surface area contributed by atoms with Crippen LogP contribution in [0.25, 0.3) is 33.1 Å². The summed E-state index contributed by atoms with van der Waals surface area (Å²) in [7, 11) is 0. The second-order valence-corrected chi connectivity index (χ2v) is 7.20. The van der Waals surface area contributed by atoms with E-state index in [1.807, 2.05) is 24.3 Å². The Morgan fingerprint density at radius 2 is 1.37 bits per heavy atom. The topological polar surface area (TPSA) is 16.4 Å². The Bertz CT molecular complexity index is 1360. The maximum Gasteiger partial charge on any atom is 0.159 e. The molecule has 2 nitrogen and oxygen atoms in total. The van der Waals surface area contributed by atoms with Gasteiger partial charge in [0.2, 0.25) is 0 Å². The van der Waals surface area contributed by atoms with Crippen LogP contribution < -0.4 is 4.90 Å². The van der Waals surface area contributed by atoms with Crippen molar-refractivity contribution < 1.29 is 4.42 Å². The van der Waals surface area contributed by atoms with Gasteiger partial charge in [0.25, 0.3) is 0 Å². The fourth-order valence-electron chi connectivity index (χ4n) is 3.89. The molecule has 0 unspecified atom stereocenters. The number of rotatable bonds is 5. The molecule has 0 saturated carbocycles. The third-order valence-corrected chi connectivity index (χ3v) is 5.38. The number of furan rings is 1. The van der Waals surface area contributed by atoms with E-state index in [4.69, 9.17) is 4.42 Å². The molecule has 0 radical (unpaired) electrons. The van der Waals surface area contributed by atoms with Crippen LogP contribution in [0.1, 0.15) is 0 Å². The zero-order valence-corrected chi connectivity index (χ0v) is 16.6. The second kappa shape index (κ2) is 7.41. The summed E-state index contributed by atoms with van der Waals surface area (Å²) >= 11 is 0. The van der Waals surface area contributed by atoms with Crippen LogP contribution in [-0.2, 0) is 0 Å². The van der Waals surface area contributed by atoms with Gasteiger partial charge in [-0.3, -0.25) is 0 Å². The lowest BCUT2D eigenvalue weighted by molar-refractivity contribution is 0.669. The van der Waals surface area contributed by atoms with Gasteiger partial charge in [0, 0.05) is 22.2 Å². The van der Waals surface area contributed by atoms with Crippen LogP contribution >= 0.6 is 0 Å². The molecule has 0 N–H and O–H groups in total. The van der Waals surface area contributed by atoms with Crippen LogP contribution in [0.5, 0.6) is 0 Å². The van der Waals surface area contributed by atoms with E-state index in [-0.39, 0.29) is 0 Å². The highest BCUT2D eigenvalue weighted by Crippen LogP contribution is 2.40. The highest BCUT2D eigenvalue weighted by molar-refractivity contribution is 6.09. The number of benzene rings is 4. The Hall–Kier alpha value is -4.04. The molecule has 0 bridgehead atoms. The fraction of sp³-hybridized carbons (Fsp3) is 0. The van der Waals surface area contributed by atoms with Gasteiger partial charge in [0.15, 0.2) is 5.58 Å². The monoisotopic (exact) mass is 387 g/mol. The lowest BCUT2D eigenvalue weighted by atomic mass is 10.0. The quantitative estimate of drug-likeness (QED) is 0.283. The first-order valence-corrected chi connectivity index (χ1v) is 9.93. The Morgan fingerprint density at radius 1 is 0.700 bits per heavy atom. The molecule has 0 amide bonds. The SMILES string of the molecule is C=CC(=C)N(c1ccc(-c2ccccc2)cc1)c1cccc2c1oc1ccccc12. The zero-order chi connectivity index (χ0) is 20.5. The summed E-state index contributed by atoms with van der Waals surface area (Å²) in [5.41, 5.74) is 6.82. The molecule has 0 aliphatic heterocycles. The van der Waals surface area contributed by atoms with Gasteiger partial charge in [0.1, 0.15) is 5.58 Å². The Balaban J connectivity index is 1.66. The summed E-state index contributed by atoms with van der Waals surface area (Å²) in [4.78, 5) is 2.09.